The van der Waals surface area contributed by atoms with Crippen LogP contribution < -0.4 is 0 Å². The molecule has 110 valence electrons. The van der Waals surface area contributed by atoms with Gasteiger partial charge in [0.25, 0.3) is 5.79 Å². The minimum atomic E-state index is -2.13. The van der Waals surface area contributed by atoms with E-state index in [0.717, 1.165) is 0 Å². The lowest BCUT2D eigenvalue weighted by Crippen LogP contribution is -2.38. The number of hydrogen-bond donors (Lipinski definition) is 1. The Kier molecular flexibility index (Phi) is 3.61. The molecule has 0 saturated heterocycles. The first kappa shape index (κ1) is 14.2. The molecule has 0 amide bonds. The predicted octanol–water partition coefficient (Wildman–Crippen LogP) is 2.59. The number of carbonyl (C=O) groups is 2. The van der Waals surface area contributed by atoms with E-state index in [4.69, 9.17) is 4.74 Å². The molecule has 0 aromatic heterocycles. The Morgan fingerprint density at radius 2 is 1.59 bits per heavy atom. The number of carbonyl (C=O) groups excluding carboxylic acids is 2. The van der Waals surface area contributed by atoms with Crippen molar-refractivity contribution in [2.45, 2.75) is 12.2 Å². The number of benzene rings is 2. The van der Waals surface area contributed by atoms with Crippen molar-refractivity contribution in [2.75, 3.05) is 0 Å². The van der Waals surface area contributed by atoms with Crippen molar-refractivity contribution in [1.29, 1.82) is 0 Å². The molecule has 0 radical (unpaired) electrons. The van der Waals surface area contributed by atoms with Crippen molar-refractivity contribution < 1.29 is 19.4 Å². The minimum absolute atomic E-state index is 0.272. The van der Waals surface area contributed by atoms with E-state index in [2.05, 4.69) is 0 Å². The van der Waals surface area contributed by atoms with Gasteiger partial charge in [-0.15, -0.1) is 0 Å². The monoisotopic (exact) mass is 294 g/mol. The van der Waals surface area contributed by atoms with Gasteiger partial charge in [0.2, 0.25) is 5.78 Å². The van der Waals surface area contributed by atoms with Crippen molar-refractivity contribution in [3.05, 3.63) is 77.9 Å². The van der Waals surface area contributed by atoms with Gasteiger partial charge < -0.3 is 9.84 Å². The largest absolute Gasteiger partial charge is 0.453 e. The highest BCUT2D eigenvalue weighted by atomic mass is 16.6. The van der Waals surface area contributed by atoms with E-state index in [9.17, 15) is 14.7 Å². The predicted molar refractivity (Wildman–Crippen MR) is 80.9 cm³/mol. The van der Waals surface area contributed by atoms with Crippen LogP contribution in [0.5, 0.6) is 0 Å². The van der Waals surface area contributed by atoms with Gasteiger partial charge in [-0.1, -0.05) is 60.7 Å². The number of Topliss-reactive ketones (excluding diaryl/α,β-unsaturated/α-hetero) is 1. The summed E-state index contributed by atoms with van der Waals surface area (Å²) in [5, 5.41) is 10.4. The van der Waals surface area contributed by atoms with Gasteiger partial charge in [-0.2, -0.15) is 0 Å². The lowest BCUT2D eigenvalue weighted by Gasteiger charge is -2.21. The normalized spacial score (nSPS) is 20.4. The molecule has 0 unspecified atom stereocenters. The summed E-state index contributed by atoms with van der Waals surface area (Å²) in [6.45, 7) is 0. The number of rotatable bonds is 4. The number of ketones is 2. The van der Waals surface area contributed by atoms with Gasteiger partial charge in [0, 0.05) is 17.2 Å². The summed E-state index contributed by atoms with van der Waals surface area (Å²) in [6.07, 6.45) is 0.816. The van der Waals surface area contributed by atoms with Crippen molar-refractivity contribution in [1.82, 2.24) is 0 Å². The van der Waals surface area contributed by atoms with Crippen LogP contribution >= 0.6 is 0 Å². The molecule has 0 spiro atoms. The first-order valence-electron chi connectivity index (χ1n) is 6.90. The smallest absolute Gasteiger partial charge is 0.279 e. The SMILES string of the molecule is O=C(C[C@@]1(O)OC(c2ccccc2)=CC1=O)c1ccccc1. The highest BCUT2D eigenvalue weighted by molar-refractivity contribution is 6.08. The highest BCUT2D eigenvalue weighted by Crippen LogP contribution is 2.32. The van der Waals surface area contributed by atoms with Gasteiger partial charge >= 0.3 is 0 Å². The second-order valence-electron chi connectivity index (χ2n) is 5.09. The molecule has 1 aliphatic rings. The summed E-state index contributed by atoms with van der Waals surface area (Å²) in [5.41, 5.74) is 1.11. The Morgan fingerprint density at radius 1 is 1.00 bits per heavy atom. The Hall–Kier alpha value is -2.72. The lowest BCUT2D eigenvalue weighted by molar-refractivity contribution is -0.167. The molecule has 22 heavy (non-hydrogen) atoms. The molecule has 0 aliphatic carbocycles. The summed E-state index contributed by atoms with van der Waals surface area (Å²) >= 11 is 0. The molecule has 4 heteroatoms. The molecule has 1 aliphatic heterocycles. The second-order valence-corrected chi connectivity index (χ2v) is 5.09. The standard InChI is InChI=1S/C18H14O4/c19-15(13-7-3-1-4-8-13)12-18(21)17(20)11-16(22-18)14-9-5-2-6-10-14/h1-11,21H,12H2/t18-/m1/s1. The van der Waals surface area contributed by atoms with Crippen molar-refractivity contribution in [3.8, 4) is 0 Å². The maximum atomic E-state index is 12.2. The van der Waals surface area contributed by atoms with Crippen LogP contribution in [0.4, 0.5) is 0 Å². The van der Waals surface area contributed by atoms with Crippen LogP contribution in [0, 0.1) is 0 Å². The third-order valence-electron chi connectivity index (χ3n) is 3.48. The summed E-state index contributed by atoms with van der Waals surface area (Å²) in [4.78, 5) is 24.2. The second kappa shape index (κ2) is 5.58. The molecular formula is C18H14O4. The summed E-state index contributed by atoms with van der Waals surface area (Å²) in [6, 6.07) is 17.5. The van der Waals surface area contributed by atoms with Crippen LogP contribution in [0.25, 0.3) is 5.76 Å². The van der Waals surface area contributed by atoms with Crippen LogP contribution in [-0.4, -0.2) is 22.5 Å². The Labute approximate surface area is 127 Å². The molecule has 4 nitrogen and oxygen atoms in total. The minimum Gasteiger partial charge on any atom is -0.453 e. The first-order chi connectivity index (χ1) is 10.6. The van der Waals surface area contributed by atoms with Gasteiger partial charge in [-0.3, -0.25) is 9.59 Å². The fourth-order valence-corrected chi connectivity index (χ4v) is 2.31. The molecule has 3 rings (SSSR count). The zero-order valence-electron chi connectivity index (χ0n) is 11.7. The molecule has 2 aromatic carbocycles. The lowest BCUT2D eigenvalue weighted by atomic mass is 10.0. The zero-order valence-corrected chi connectivity index (χ0v) is 11.7. The topological polar surface area (TPSA) is 63.6 Å². The van der Waals surface area contributed by atoms with Crippen molar-refractivity contribution in [3.63, 3.8) is 0 Å². The number of ether oxygens (including phenoxy) is 1. The Balaban J connectivity index is 1.78. The fourth-order valence-electron chi connectivity index (χ4n) is 2.31. The van der Waals surface area contributed by atoms with Crippen LogP contribution in [-0.2, 0) is 9.53 Å². The number of hydrogen-bond acceptors (Lipinski definition) is 4. The van der Waals surface area contributed by atoms with Crippen LogP contribution in [0.3, 0.4) is 0 Å². The first-order valence-corrected chi connectivity index (χ1v) is 6.90. The molecular weight excluding hydrogens is 280 g/mol. The average molecular weight is 294 g/mol. The molecule has 0 fully saturated rings. The number of aliphatic hydroxyl groups is 1. The van der Waals surface area contributed by atoms with E-state index in [1.165, 1.54) is 6.08 Å². The van der Waals surface area contributed by atoms with E-state index in [0.29, 0.717) is 11.1 Å². The van der Waals surface area contributed by atoms with Crippen LogP contribution in [0.2, 0.25) is 0 Å². The summed E-state index contributed by atoms with van der Waals surface area (Å²) in [5.74, 6) is -2.82. The molecule has 1 N–H and O–H groups in total. The quantitative estimate of drug-likeness (QED) is 0.880. The molecule has 1 heterocycles. The van der Waals surface area contributed by atoms with E-state index in [1.807, 2.05) is 6.07 Å². The van der Waals surface area contributed by atoms with E-state index in [-0.39, 0.29) is 11.5 Å². The van der Waals surface area contributed by atoms with E-state index >= 15 is 0 Å². The molecule has 2 aromatic rings. The Bertz CT molecular complexity index is 734. The van der Waals surface area contributed by atoms with Gasteiger partial charge in [-0.05, 0) is 0 Å². The molecule has 0 saturated carbocycles. The van der Waals surface area contributed by atoms with Crippen molar-refractivity contribution >= 4 is 17.3 Å². The fraction of sp³-hybridized carbons (Fsp3) is 0.111. The summed E-state index contributed by atoms with van der Waals surface area (Å²) in [7, 11) is 0. The zero-order chi connectivity index (χ0) is 15.6. The summed E-state index contributed by atoms with van der Waals surface area (Å²) < 4.78 is 5.39. The van der Waals surface area contributed by atoms with E-state index in [1.54, 1.807) is 54.6 Å². The van der Waals surface area contributed by atoms with Crippen LogP contribution in [0.15, 0.2) is 66.7 Å². The van der Waals surface area contributed by atoms with Crippen molar-refractivity contribution in [2.24, 2.45) is 0 Å². The maximum Gasteiger partial charge on any atom is 0.279 e. The van der Waals surface area contributed by atoms with Gasteiger partial charge in [-0.25, -0.2) is 0 Å². The molecule has 1 atom stereocenters. The van der Waals surface area contributed by atoms with Gasteiger partial charge in [0.15, 0.2) is 5.78 Å². The average Bonchev–Trinajstić information content (AvgIpc) is 2.84. The third-order valence-corrected chi connectivity index (χ3v) is 3.48. The van der Waals surface area contributed by atoms with Crippen LogP contribution in [0.1, 0.15) is 22.3 Å². The van der Waals surface area contributed by atoms with Gasteiger partial charge in [0.1, 0.15) is 5.76 Å². The maximum absolute atomic E-state index is 12.2. The Morgan fingerprint density at radius 3 is 2.23 bits per heavy atom. The van der Waals surface area contributed by atoms with E-state index < -0.39 is 18.0 Å². The molecule has 0 bridgehead atoms. The van der Waals surface area contributed by atoms with Gasteiger partial charge in [0.05, 0.1) is 6.42 Å². The third kappa shape index (κ3) is 2.69. The highest BCUT2D eigenvalue weighted by Gasteiger charge is 2.45.